The first-order chi connectivity index (χ1) is 14.2. The summed E-state index contributed by atoms with van der Waals surface area (Å²) in [4.78, 5) is 0. The number of ether oxygens (including phenoxy) is 2. The van der Waals surface area contributed by atoms with Crippen LogP contribution in [0.25, 0.3) is 0 Å². The lowest BCUT2D eigenvalue weighted by Crippen LogP contribution is -2.10. The predicted molar refractivity (Wildman–Crippen MR) is 120 cm³/mol. The molecule has 0 aliphatic carbocycles. The number of unbranched alkanes of at least 4 members (excludes halogenated alkanes) is 7. The van der Waals surface area contributed by atoms with E-state index in [4.69, 9.17) is 27.0 Å². The smallest absolute Gasteiger partial charge is 0.122 e. The molecule has 2 aromatic carbocycles. The molecular weight excluding hydrogens is 360 g/mol. The summed E-state index contributed by atoms with van der Waals surface area (Å²) < 4.78 is 11.5. The van der Waals surface area contributed by atoms with Crippen molar-refractivity contribution in [2.75, 3.05) is 13.2 Å². The van der Waals surface area contributed by atoms with Crippen LogP contribution in [0.2, 0.25) is 0 Å². The van der Waals surface area contributed by atoms with Crippen LogP contribution in [0.1, 0.15) is 62.5 Å². The van der Waals surface area contributed by atoms with Gasteiger partial charge in [-0.3, -0.25) is 5.41 Å². The molecule has 0 atom stereocenters. The zero-order chi connectivity index (χ0) is 20.7. The van der Waals surface area contributed by atoms with Gasteiger partial charge in [-0.15, -0.1) is 6.42 Å². The molecule has 0 amide bonds. The topological polar surface area (TPSA) is 68.3 Å². The van der Waals surface area contributed by atoms with Crippen LogP contribution in [0.4, 0.5) is 0 Å². The number of nitrogens with one attached hydrogen (secondary N) is 1. The van der Waals surface area contributed by atoms with Crippen LogP contribution in [0.15, 0.2) is 48.5 Å². The van der Waals surface area contributed by atoms with Gasteiger partial charge in [0.1, 0.15) is 17.3 Å². The van der Waals surface area contributed by atoms with Crippen molar-refractivity contribution in [3.8, 4) is 23.8 Å². The van der Waals surface area contributed by atoms with Crippen molar-refractivity contribution in [2.24, 2.45) is 5.73 Å². The third kappa shape index (κ3) is 9.21. The number of rotatable bonds is 14. The Morgan fingerprint density at radius 3 is 1.55 bits per heavy atom. The molecule has 0 fully saturated rings. The Morgan fingerprint density at radius 2 is 1.14 bits per heavy atom. The minimum Gasteiger partial charge on any atom is -0.494 e. The van der Waals surface area contributed by atoms with Gasteiger partial charge >= 0.3 is 0 Å². The molecule has 0 heterocycles. The third-order valence-corrected chi connectivity index (χ3v) is 4.76. The van der Waals surface area contributed by atoms with Crippen LogP contribution in [-0.2, 0) is 0 Å². The van der Waals surface area contributed by atoms with Gasteiger partial charge in [0.05, 0.1) is 13.2 Å². The number of hydrogen-bond donors (Lipinski definition) is 2. The lowest BCUT2D eigenvalue weighted by molar-refractivity contribution is 0.301. The first-order valence-electron chi connectivity index (χ1n) is 10.5. The number of hydrogen-bond acceptors (Lipinski definition) is 3. The number of nitrogen functional groups attached to an aromatic ring is 1. The highest BCUT2D eigenvalue weighted by Gasteiger charge is 1.99. The zero-order valence-electron chi connectivity index (χ0n) is 17.2. The van der Waals surface area contributed by atoms with Gasteiger partial charge in [0, 0.05) is 11.1 Å². The molecule has 0 saturated carbocycles. The molecule has 3 N–H and O–H groups in total. The SMILES string of the molecule is C#Cc1ccc(OCCCCCCCCCCOc2ccc(C(=N)N)cc2)cc1. The van der Waals surface area contributed by atoms with E-state index >= 15 is 0 Å². The second-order valence-electron chi connectivity index (χ2n) is 7.13. The van der Waals surface area contributed by atoms with Crippen molar-refractivity contribution in [3.63, 3.8) is 0 Å². The maximum absolute atomic E-state index is 7.37. The van der Waals surface area contributed by atoms with Gasteiger partial charge in [0.2, 0.25) is 0 Å². The standard InChI is InChI=1S/C25H32N2O2/c1-2-21-11-15-23(16-12-21)28-19-9-7-5-3-4-6-8-10-20-29-24-17-13-22(14-18-24)25(26)27/h1,11-18H,3-10,19-20H2,(H3,26,27). The lowest BCUT2D eigenvalue weighted by atomic mass is 10.1. The number of amidine groups is 1. The van der Waals surface area contributed by atoms with E-state index in [1.54, 1.807) is 0 Å². The van der Waals surface area contributed by atoms with Gasteiger partial charge in [0.15, 0.2) is 0 Å². The summed E-state index contributed by atoms with van der Waals surface area (Å²) in [5.74, 6) is 4.42. The van der Waals surface area contributed by atoms with Crippen molar-refractivity contribution in [2.45, 2.75) is 51.4 Å². The summed E-state index contributed by atoms with van der Waals surface area (Å²) in [5.41, 5.74) is 7.05. The van der Waals surface area contributed by atoms with E-state index < -0.39 is 0 Å². The normalized spacial score (nSPS) is 10.3. The molecule has 4 nitrogen and oxygen atoms in total. The van der Waals surface area contributed by atoms with E-state index in [0.29, 0.717) is 0 Å². The number of nitrogens with two attached hydrogens (primary N) is 1. The summed E-state index contributed by atoms with van der Waals surface area (Å²) in [7, 11) is 0. The van der Waals surface area contributed by atoms with E-state index in [2.05, 4.69) is 5.92 Å². The average molecular weight is 393 g/mol. The van der Waals surface area contributed by atoms with Gasteiger partial charge in [-0.05, 0) is 61.4 Å². The van der Waals surface area contributed by atoms with Crippen molar-refractivity contribution >= 4 is 5.84 Å². The van der Waals surface area contributed by atoms with E-state index in [-0.39, 0.29) is 5.84 Å². The fraction of sp³-hybridized carbons (Fsp3) is 0.400. The number of terminal acetylenes is 1. The molecule has 0 aliphatic rings. The van der Waals surface area contributed by atoms with Crippen molar-refractivity contribution in [1.29, 1.82) is 5.41 Å². The molecule has 29 heavy (non-hydrogen) atoms. The number of benzene rings is 2. The molecule has 0 aliphatic heterocycles. The highest BCUT2D eigenvalue weighted by molar-refractivity contribution is 5.94. The Balaban J connectivity index is 1.38. The molecule has 154 valence electrons. The van der Waals surface area contributed by atoms with Gasteiger partial charge in [0.25, 0.3) is 0 Å². The summed E-state index contributed by atoms with van der Waals surface area (Å²) in [6.45, 7) is 1.50. The first-order valence-corrected chi connectivity index (χ1v) is 10.5. The Hall–Kier alpha value is -2.93. The molecule has 0 saturated heterocycles. The fourth-order valence-electron chi connectivity index (χ4n) is 3.02. The highest BCUT2D eigenvalue weighted by Crippen LogP contribution is 2.15. The van der Waals surface area contributed by atoms with E-state index in [1.807, 2.05) is 48.5 Å². The molecule has 0 radical (unpaired) electrons. The largest absolute Gasteiger partial charge is 0.494 e. The molecule has 0 bridgehead atoms. The fourth-order valence-corrected chi connectivity index (χ4v) is 3.02. The quantitative estimate of drug-likeness (QED) is 0.192. The minimum absolute atomic E-state index is 0.0828. The van der Waals surface area contributed by atoms with Crippen LogP contribution in [-0.4, -0.2) is 19.0 Å². The summed E-state index contributed by atoms with van der Waals surface area (Å²) in [6, 6.07) is 15.0. The Labute approximate surface area is 174 Å². The molecule has 0 unspecified atom stereocenters. The van der Waals surface area contributed by atoms with Crippen molar-refractivity contribution < 1.29 is 9.47 Å². The molecule has 2 rings (SSSR count). The first kappa shape index (κ1) is 22.4. The maximum Gasteiger partial charge on any atom is 0.122 e. The minimum atomic E-state index is 0.0828. The average Bonchev–Trinajstić information content (AvgIpc) is 2.75. The maximum atomic E-state index is 7.37. The van der Waals surface area contributed by atoms with Gasteiger partial charge in [-0.25, -0.2) is 0 Å². The third-order valence-electron chi connectivity index (χ3n) is 4.76. The van der Waals surface area contributed by atoms with E-state index in [0.717, 1.165) is 48.7 Å². The Bertz CT molecular complexity index is 761. The molecular formula is C25H32N2O2. The summed E-state index contributed by atoms with van der Waals surface area (Å²) >= 11 is 0. The summed E-state index contributed by atoms with van der Waals surface area (Å²) in [6.07, 6.45) is 15.0. The van der Waals surface area contributed by atoms with Gasteiger partial charge < -0.3 is 15.2 Å². The van der Waals surface area contributed by atoms with Crippen LogP contribution >= 0.6 is 0 Å². The highest BCUT2D eigenvalue weighted by atomic mass is 16.5. The van der Waals surface area contributed by atoms with Gasteiger partial charge in [-0.1, -0.05) is 44.4 Å². The van der Waals surface area contributed by atoms with Crippen molar-refractivity contribution in [1.82, 2.24) is 0 Å². The van der Waals surface area contributed by atoms with E-state index in [1.165, 1.54) is 38.5 Å². The van der Waals surface area contributed by atoms with Crippen LogP contribution in [0.5, 0.6) is 11.5 Å². The molecule has 0 aromatic heterocycles. The van der Waals surface area contributed by atoms with E-state index in [9.17, 15) is 0 Å². The zero-order valence-corrected chi connectivity index (χ0v) is 17.2. The Morgan fingerprint density at radius 1 is 0.724 bits per heavy atom. The lowest BCUT2D eigenvalue weighted by Gasteiger charge is -2.07. The van der Waals surface area contributed by atoms with Crippen LogP contribution < -0.4 is 15.2 Å². The van der Waals surface area contributed by atoms with Gasteiger partial charge in [-0.2, -0.15) is 0 Å². The summed E-state index contributed by atoms with van der Waals surface area (Å²) in [5, 5.41) is 7.37. The Kier molecular flexibility index (Phi) is 10.2. The van der Waals surface area contributed by atoms with Crippen LogP contribution in [0, 0.1) is 17.8 Å². The molecule has 0 spiro atoms. The van der Waals surface area contributed by atoms with Crippen LogP contribution in [0.3, 0.4) is 0 Å². The predicted octanol–water partition coefficient (Wildman–Crippen LogP) is 5.53. The molecule has 4 heteroatoms. The van der Waals surface area contributed by atoms with Crippen molar-refractivity contribution in [3.05, 3.63) is 59.7 Å². The molecule has 2 aromatic rings. The second-order valence-corrected chi connectivity index (χ2v) is 7.13. The monoisotopic (exact) mass is 392 g/mol. The second kappa shape index (κ2) is 13.3.